The Balaban J connectivity index is 0. The molecule has 0 aromatic heterocycles. The predicted molar refractivity (Wildman–Crippen MR) is 69.5 cm³/mol. The van der Waals surface area contributed by atoms with Crippen LogP contribution < -0.4 is 5.32 Å². The zero-order valence-corrected chi connectivity index (χ0v) is 11.3. The van der Waals surface area contributed by atoms with E-state index in [0.29, 0.717) is 11.3 Å². The van der Waals surface area contributed by atoms with E-state index in [4.69, 9.17) is 0 Å². The second kappa shape index (κ2) is 7.33. The number of hydrogen-bond acceptors (Lipinski definition) is 2. The van der Waals surface area contributed by atoms with Gasteiger partial charge in [-0.2, -0.15) is 0 Å². The zero-order valence-electron chi connectivity index (χ0n) is 9.62. The van der Waals surface area contributed by atoms with Gasteiger partial charge in [-0.3, -0.25) is 4.79 Å². The van der Waals surface area contributed by atoms with Gasteiger partial charge in [0.15, 0.2) is 0 Å². The van der Waals surface area contributed by atoms with Crippen molar-refractivity contribution in [3.63, 3.8) is 0 Å². The molecule has 2 aliphatic heterocycles. The molecule has 2 saturated heterocycles. The summed E-state index contributed by atoms with van der Waals surface area (Å²) < 4.78 is 0. The van der Waals surface area contributed by atoms with Gasteiger partial charge >= 0.3 is 0 Å². The van der Waals surface area contributed by atoms with Crippen LogP contribution in [0.3, 0.4) is 0 Å². The molecule has 3 N–H and O–H groups in total. The zero-order chi connectivity index (χ0) is 9.31. The summed E-state index contributed by atoms with van der Waals surface area (Å²) in [6.45, 7) is 3.21. The fraction of sp³-hybridized carbons (Fsp3) is 0.900. The summed E-state index contributed by atoms with van der Waals surface area (Å²) in [4.78, 5) is 13.2. The monoisotopic (exact) mass is 272 g/mol. The van der Waals surface area contributed by atoms with E-state index < -0.39 is 0 Å². The summed E-state index contributed by atoms with van der Waals surface area (Å²) in [6.07, 6.45) is 4.39. The Labute approximate surface area is 109 Å². The molecule has 1 unspecified atom stereocenters. The molecule has 16 heavy (non-hydrogen) atoms. The lowest BCUT2D eigenvalue weighted by Crippen LogP contribution is -2.51. The van der Waals surface area contributed by atoms with Gasteiger partial charge in [-0.25, -0.2) is 0 Å². The third-order valence-corrected chi connectivity index (χ3v) is 3.43. The van der Waals surface area contributed by atoms with Crippen LogP contribution in [-0.4, -0.2) is 43.0 Å². The van der Waals surface area contributed by atoms with Gasteiger partial charge in [-0.15, -0.1) is 24.8 Å². The second-order valence-electron chi connectivity index (χ2n) is 4.53. The number of halogens is 2. The maximum Gasteiger partial charge on any atom is 0.222 e. The van der Waals surface area contributed by atoms with Crippen molar-refractivity contribution in [2.45, 2.75) is 25.7 Å². The molecule has 98 valence electrons. The number of likely N-dealkylation sites (tertiary alicyclic amines) is 1. The number of amides is 1. The molecule has 0 aromatic carbocycles. The molecule has 1 spiro atoms. The molecule has 1 amide bonds. The van der Waals surface area contributed by atoms with Crippen LogP contribution in [0.4, 0.5) is 0 Å². The lowest BCUT2D eigenvalue weighted by atomic mass is 9.74. The summed E-state index contributed by atoms with van der Waals surface area (Å²) in [7, 11) is 1.93. The van der Waals surface area contributed by atoms with Crippen LogP contribution in [0, 0.1) is 5.41 Å². The summed E-state index contributed by atoms with van der Waals surface area (Å²) >= 11 is 0. The first-order chi connectivity index (χ1) is 6.22. The van der Waals surface area contributed by atoms with Gasteiger partial charge in [0.1, 0.15) is 0 Å². The topological polar surface area (TPSA) is 63.8 Å². The van der Waals surface area contributed by atoms with Crippen LogP contribution in [0.25, 0.3) is 0 Å². The van der Waals surface area contributed by atoms with Gasteiger partial charge in [0.2, 0.25) is 5.91 Å². The van der Waals surface area contributed by atoms with Crippen LogP contribution in [0.1, 0.15) is 25.7 Å². The minimum Gasteiger partial charge on any atom is -0.412 e. The standard InChI is InChI=1S/C10H18N2O.2ClH.H2O/c1-12-8-10(5-3-9(12)13)4-2-6-11-7-10;;;/h11H,2-8H2,1H3;2*1H;1H2. The number of nitrogens with one attached hydrogen (secondary N) is 1. The molecule has 4 nitrogen and oxygen atoms in total. The van der Waals surface area contributed by atoms with Crippen molar-refractivity contribution < 1.29 is 10.3 Å². The van der Waals surface area contributed by atoms with E-state index in [2.05, 4.69) is 5.32 Å². The van der Waals surface area contributed by atoms with Crippen molar-refractivity contribution in [2.24, 2.45) is 5.41 Å². The number of hydrogen-bond donors (Lipinski definition) is 1. The van der Waals surface area contributed by atoms with Gasteiger partial charge in [-0.05, 0) is 25.8 Å². The molecule has 0 aromatic rings. The Bertz CT molecular complexity index is 221. The molecule has 0 aliphatic carbocycles. The van der Waals surface area contributed by atoms with Crippen molar-refractivity contribution in [2.75, 3.05) is 26.7 Å². The molecule has 2 fully saturated rings. The number of nitrogens with zero attached hydrogens (tertiary/aromatic N) is 1. The van der Waals surface area contributed by atoms with Gasteiger partial charge in [0.25, 0.3) is 0 Å². The maximum atomic E-state index is 11.3. The average molecular weight is 273 g/mol. The SMILES string of the molecule is CN1CC2(CCCNC2)CCC1=O.Cl.Cl.O. The van der Waals surface area contributed by atoms with Gasteiger partial charge < -0.3 is 15.7 Å². The van der Waals surface area contributed by atoms with Crippen LogP contribution in [0.15, 0.2) is 0 Å². The number of carbonyl (C=O) groups excluding carboxylic acids is 1. The van der Waals surface area contributed by atoms with Crippen molar-refractivity contribution in [1.82, 2.24) is 10.2 Å². The summed E-state index contributed by atoms with van der Waals surface area (Å²) in [5, 5.41) is 3.44. The smallest absolute Gasteiger partial charge is 0.222 e. The van der Waals surface area contributed by atoms with Crippen molar-refractivity contribution in [3.8, 4) is 0 Å². The van der Waals surface area contributed by atoms with E-state index in [1.165, 1.54) is 12.8 Å². The minimum atomic E-state index is 0. The van der Waals surface area contributed by atoms with E-state index in [0.717, 1.165) is 32.5 Å². The second-order valence-corrected chi connectivity index (χ2v) is 4.53. The number of rotatable bonds is 0. The summed E-state index contributed by atoms with van der Waals surface area (Å²) in [5.74, 6) is 0.316. The molecule has 0 bridgehead atoms. The normalized spacial score (nSPS) is 28.8. The van der Waals surface area contributed by atoms with Crippen molar-refractivity contribution in [1.29, 1.82) is 0 Å². The van der Waals surface area contributed by atoms with E-state index >= 15 is 0 Å². The molecular weight excluding hydrogens is 251 g/mol. The van der Waals surface area contributed by atoms with Crippen LogP contribution in [-0.2, 0) is 4.79 Å². The van der Waals surface area contributed by atoms with Gasteiger partial charge in [0, 0.05) is 32.0 Å². The van der Waals surface area contributed by atoms with Crippen molar-refractivity contribution in [3.05, 3.63) is 0 Å². The van der Waals surface area contributed by atoms with E-state index in [1.54, 1.807) is 0 Å². The Hall–Kier alpha value is -0.0300. The third-order valence-electron chi connectivity index (χ3n) is 3.43. The Morgan fingerprint density at radius 1 is 1.31 bits per heavy atom. The fourth-order valence-electron chi connectivity index (χ4n) is 2.61. The van der Waals surface area contributed by atoms with Crippen LogP contribution in [0.5, 0.6) is 0 Å². The fourth-order valence-corrected chi connectivity index (χ4v) is 2.61. The highest BCUT2D eigenvalue weighted by molar-refractivity contribution is 5.85. The van der Waals surface area contributed by atoms with Crippen LogP contribution >= 0.6 is 24.8 Å². The molecule has 1 atom stereocenters. The highest BCUT2D eigenvalue weighted by atomic mass is 35.5. The molecule has 0 saturated carbocycles. The molecule has 2 heterocycles. The van der Waals surface area contributed by atoms with Crippen molar-refractivity contribution >= 4 is 30.7 Å². The molecule has 2 rings (SSSR count). The maximum absolute atomic E-state index is 11.3. The van der Waals surface area contributed by atoms with Gasteiger partial charge in [-0.1, -0.05) is 0 Å². The van der Waals surface area contributed by atoms with E-state index in [1.807, 2.05) is 11.9 Å². The quantitative estimate of drug-likeness (QED) is 0.703. The van der Waals surface area contributed by atoms with E-state index in [-0.39, 0.29) is 30.3 Å². The number of piperidine rings is 2. The largest absolute Gasteiger partial charge is 0.412 e. The van der Waals surface area contributed by atoms with E-state index in [9.17, 15) is 4.79 Å². The minimum absolute atomic E-state index is 0. The first-order valence-corrected chi connectivity index (χ1v) is 5.17. The Morgan fingerprint density at radius 3 is 2.50 bits per heavy atom. The highest BCUT2D eigenvalue weighted by Crippen LogP contribution is 2.35. The lowest BCUT2D eigenvalue weighted by molar-refractivity contribution is -0.136. The lowest BCUT2D eigenvalue weighted by Gasteiger charge is -2.44. The van der Waals surface area contributed by atoms with Gasteiger partial charge in [0.05, 0.1) is 0 Å². The first kappa shape index (κ1) is 18.3. The molecular formula is C10H22Cl2N2O2. The molecule has 2 aliphatic rings. The Morgan fingerprint density at radius 2 is 2.00 bits per heavy atom. The molecule has 0 radical (unpaired) electrons. The highest BCUT2D eigenvalue weighted by Gasteiger charge is 2.37. The Kier molecular flexibility index (Phi) is 8.40. The summed E-state index contributed by atoms with van der Waals surface area (Å²) in [5.41, 5.74) is 0.404. The third kappa shape index (κ3) is 3.77. The van der Waals surface area contributed by atoms with Crippen LogP contribution in [0.2, 0.25) is 0 Å². The molecule has 6 heteroatoms. The first-order valence-electron chi connectivity index (χ1n) is 5.17. The average Bonchev–Trinajstić information content (AvgIpc) is 2.14. The summed E-state index contributed by atoms with van der Waals surface area (Å²) in [6, 6.07) is 0. The predicted octanol–water partition coefficient (Wildman–Crippen LogP) is 0.627. The number of carbonyl (C=O) groups is 1.